The molecule has 0 spiro atoms. The highest BCUT2D eigenvalue weighted by atomic mass is 16.8. The molecule has 1 heterocycles. The molecule has 0 aromatic heterocycles. The summed E-state index contributed by atoms with van der Waals surface area (Å²) in [5.41, 5.74) is 2.57. The second-order valence-electron chi connectivity index (χ2n) is 4.13. The number of hydroxylamine groups is 2. The van der Waals surface area contributed by atoms with Crippen molar-refractivity contribution in [1.29, 1.82) is 0 Å². The number of ether oxygens (including phenoxy) is 1. The Labute approximate surface area is 96.9 Å². The Morgan fingerprint density at radius 3 is 2.81 bits per heavy atom. The van der Waals surface area contributed by atoms with E-state index in [1.165, 1.54) is 11.1 Å². The van der Waals surface area contributed by atoms with Crippen molar-refractivity contribution < 1.29 is 9.57 Å². The van der Waals surface area contributed by atoms with Gasteiger partial charge in [-0.1, -0.05) is 29.8 Å². The first-order chi connectivity index (χ1) is 7.78. The van der Waals surface area contributed by atoms with Gasteiger partial charge in [-0.15, -0.1) is 0 Å². The number of hydrogen-bond donors (Lipinski definition) is 0. The fourth-order valence-corrected chi connectivity index (χ4v) is 1.83. The maximum absolute atomic E-state index is 5.65. The Bertz CT molecular complexity index is 323. The third-order valence-electron chi connectivity index (χ3n) is 2.71. The first-order valence-corrected chi connectivity index (χ1v) is 5.87. The average Bonchev–Trinajstić information content (AvgIpc) is 2.70. The molecule has 88 valence electrons. The Kier molecular flexibility index (Phi) is 3.93. The van der Waals surface area contributed by atoms with Crippen molar-refractivity contribution in [2.24, 2.45) is 0 Å². The van der Waals surface area contributed by atoms with Crippen molar-refractivity contribution >= 4 is 0 Å². The summed E-state index contributed by atoms with van der Waals surface area (Å²) in [6, 6.07) is 8.55. The molecule has 1 fully saturated rings. The van der Waals surface area contributed by atoms with Crippen LogP contribution in [-0.2, 0) is 16.1 Å². The molecule has 3 heteroatoms. The highest BCUT2D eigenvalue weighted by Crippen LogP contribution is 2.17. The van der Waals surface area contributed by atoms with Crippen LogP contribution in [0.5, 0.6) is 0 Å². The summed E-state index contributed by atoms with van der Waals surface area (Å²) >= 11 is 0. The van der Waals surface area contributed by atoms with Gasteiger partial charge in [0, 0.05) is 26.1 Å². The number of rotatable bonds is 4. The fraction of sp³-hybridized carbons (Fsp3) is 0.538. The second-order valence-corrected chi connectivity index (χ2v) is 4.13. The van der Waals surface area contributed by atoms with E-state index >= 15 is 0 Å². The van der Waals surface area contributed by atoms with E-state index in [-0.39, 0.29) is 6.29 Å². The standard InChI is InChI=1S/C13H19NO2/c1-3-15-13-8-9-14(16-13)10-12-6-4-11(2)5-7-12/h4-7,13H,3,8-10H2,1-2H3. The molecule has 1 aromatic carbocycles. The summed E-state index contributed by atoms with van der Waals surface area (Å²) < 4.78 is 5.43. The Balaban J connectivity index is 1.84. The molecular formula is C13H19NO2. The first-order valence-electron chi connectivity index (χ1n) is 5.87. The lowest BCUT2D eigenvalue weighted by molar-refractivity contribution is -0.235. The summed E-state index contributed by atoms with van der Waals surface area (Å²) in [6.07, 6.45) is 0.912. The van der Waals surface area contributed by atoms with E-state index < -0.39 is 0 Å². The molecule has 1 unspecified atom stereocenters. The van der Waals surface area contributed by atoms with E-state index in [1.54, 1.807) is 0 Å². The van der Waals surface area contributed by atoms with E-state index in [0.29, 0.717) is 6.61 Å². The highest BCUT2D eigenvalue weighted by molar-refractivity contribution is 5.21. The summed E-state index contributed by atoms with van der Waals surface area (Å²) in [6.45, 7) is 6.58. The average molecular weight is 221 g/mol. The normalized spacial score (nSPS) is 21.5. The van der Waals surface area contributed by atoms with Gasteiger partial charge in [-0.3, -0.25) is 4.84 Å². The third kappa shape index (κ3) is 3.04. The molecule has 0 bridgehead atoms. The van der Waals surface area contributed by atoms with Crippen LogP contribution < -0.4 is 0 Å². The van der Waals surface area contributed by atoms with Gasteiger partial charge in [-0.05, 0) is 19.4 Å². The van der Waals surface area contributed by atoms with Gasteiger partial charge < -0.3 is 4.74 Å². The minimum absolute atomic E-state index is 0.0459. The minimum Gasteiger partial charge on any atom is -0.351 e. The molecule has 16 heavy (non-hydrogen) atoms. The zero-order chi connectivity index (χ0) is 11.4. The van der Waals surface area contributed by atoms with Gasteiger partial charge in [-0.25, -0.2) is 0 Å². The molecule has 1 aliphatic rings. The van der Waals surface area contributed by atoms with Crippen LogP contribution in [0.25, 0.3) is 0 Å². The van der Waals surface area contributed by atoms with Crippen molar-refractivity contribution in [2.75, 3.05) is 13.2 Å². The van der Waals surface area contributed by atoms with Crippen molar-refractivity contribution in [1.82, 2.24) is 5.06 Å². The lowest BCUT2D eigenvalue weighted by atomic mass is 10.1. The van der Waals surface area contributed by atoms with Crippen LogP contribution in [0.3, 0.4) is 0 Å². The van der Waals surface area contributed by atoms with Crippen molar-refractivity contribution in [3.8, 4) is 0 Å². The van der Waals surface area contributed by atoms with E-state index in [2.05, 4.69) is 31.2 Å². The van der Waals surface area contributed by atoms with E-state index in [1.807, 2.05) is 12.0 Å². The van der Waals surface area contributed by atoms with Gasteiger partial charge in [0.1, 0.15) is 0 Å². The zero-order valence-corrected chi connectivity index (χ0v) is 9.98. The van der Waals surface area contributed by atoms with Gasteiger partial charge in [0.25, 0.3) is 0 Å². The summed E-state index contributed by atoms with van der Waals surface area (Å²) in [7, 11) is 0. The highest BCUT2D eigenvalue weighted by Gasteiger charge is 2.23. The van der Waals surface area contributed by atoms with Crippen LogP contribution in [0.2, 0.25) is 0 Å². The topological polar surface area (TPSA) is 21.7 Å². The van der Waals surface area contributed by atoms with Crippen LogP contribution in [0.4, 0.5) is 0 Å². The Morgan fingerprint density at radius 2 is 2.12 bits per heavy atom. The van der Waals surface area contributed by atoms with Gasteiger partial charge in [-0.2, -0.15) is 5.06 Å². The number of nitrogens with zero attached hydrogens (tertiary/aromatic N) is 1. The fourth-order valence-electron chi connectivity index (χ4n) is 1.83. The molecule has 0 aliphatic carbocycles. The van der Waals surface area contributed by atoms with Crippen LogP contribution in [0.1, 0.15) is 24.5 Å². The monoisotopic (exact) mass is 221 g/mol. The number of hydrogen-bond acceptors (Lipinski definition) is 3. The van der Waals surface area contributed by atoms with Gasteiger partial charge >= 0.3 is 0 Å². The second kappa shape index (κ2) is 5.43. The van der Waals surface area contributed by atoms with Crippen molar-refractivity contribution in [2.45, 2.75) is 33.1 Å². The van der Waals surface area contributed by atoms with Crippen LogP contribution in [-0.4, -0.2) is 24.5 Å². The molecular weight excluding hydrogens is 202 g/mol. The predicted molar refractivity (Wildman–Crippen MR) is 62.7 cm³/mol. The van der Waals surface area contributed by atoms with Gasteiger partial charge in [0.05, 0.1) is 0 Å². The molecule has 0 radical (unpaired) electrons. The molecule has 0 N–H and O–H groups in total. The van der Waals surface area contributed by atoms with Crippen LogP contribution >= 0.6 is 0 Å². The lowest BCUT2D eigenvalue weighted by Gasteiger charge is -2.16. The molecule has 1 atom stereocenters. The molecule has 2 rings (SSSR count). The smallest absolute Gasteiger partial charge is 0.178 e. The largest absolute Gasteiger partial charge is 0.351 e. The molecule has 1 aliphatic heterocycles. The lowest BCUT2D eigenvalue weighted by Crippen LogP contribution is -2.20. The quantitative estimate of drug-likeness (QED) is 0.779. The van der Waals surface area contributed by atoms with E-state index in [4.69, 9.17) is 9.57 Å². The molecule has 3 nitrogen and oxygen atoms in total. The first kappa shape index (κ1) is 11.6. The third-order valence-corrected chi connectivity index (χ3v) is 2.71. The molecule has 1 aromatic rings. The van der Waals surface area contributed by atoms with Crippen LogP contribution in [0.15, 0.2) is 24.3 Å². The Morgan fingerprint density at radius 1 is 1.38 bits per heavy atom. The Hall–Kier alpha value is -0.900. The summed E-state index contributed by atoms with van der Waals surface area (Å²) in [5, 5.41) is 1.98. The van der Waals surface area contributed by atoms with Gasteiger partial charge in [0.2, 0.25) is 0 Å². The van der Waals surface area contributed by atoms with E-state index in [9.17, 15) is 0 Å². The molecule has 1 saturated heterocycles. The summed E-state index contributed by atoms with van der Waals surface area (Å²) in [4.78, 5) is 5.65. The summed E-state index contributed by atoms with van der Waals surface area (Å²) in [5.74, 6) is 0. The number of benzene rings is 1. The minimum atomic E-state index is -0.0459. The zero-order valence-electron chi connectivity index (χ0n) is 9.98. The number of aryl methyl sites for hydroxylation is 1. The SMILES string of the molecule is CCOC1CCN(Cc2ccc(C)cc2)O1. The molecule has 0 amide bonds. The maximum atomic E-state index is 5.65. The van der Waals surface area contributed by atoms with Crippen LogP contribution in [0, 0.1) is 6.92 Å². The van der Waals surface area contributed by atoms with Crippen molar-refractivity contribution in [3.05, 3.63) is 35.4 Å². The molecule has 0 saturated carbocycles. The van der Waals surface area contributed by atoms with E-state index in [0.717, 1.165) is 19.5 Å². The van der Waals surface area contributed by atoms with Gasteiger partial charge in [0.15, 0.2) is 6.29 Å². The maximum Gasteiger partial charge on any atom is 0.178 e. The van der Waals surface area contributed by atoms with Crippen molar-refractivity contribution in [3.63, 3.8) is 0 Å². The predicted octanol–water partition coefficient (Wildman–Crippen LogP) is 2.49.